The van der Waals surface area contributed by atoms with E-state index in [2.05, 4.69) is 0 Å². The SMILES string of the molecule is CC(C)OC(=O)COC(=O)c1ccc(CS(C)(=O)=O)cc1. The molecule has 0 spiro atoms. The van der Waals surface area contributed by atoms with Crippen molar-refractivity contribution in [2.75, 3.05) is 12.9 Å². The van der Waals surface area contributed by atoms with Crippen molar-refractivity contribution in [3.8, 4) is 0 Å². The Balaban J connectivity index is 2.57. The first-order valence-corrected chi connectivity index (χ1v) is 8.36. The molecule has 1 aromatic carbocycles. The molecule has 6 nitrogen and oxygen atoms in total. The topological polar surface area (TPSA) is 86.7 Å². The lowest BCUT2D eigenvalue weighted by Crippen LogP contribution is -2.19. The van der Waals surface area contributed by atoms with Gasteiger partial charge in [-0.1, -0.05) is 12.1 Å². The van der Waals surface area contributed by atoms with Gasteiger partial charge in [-0.25, -0.2) is 18.0 Å². The molecule has 0 aliphatic carbocycles. The Morgan fingerprint density at radius 2 is 1.71 bits per heavy atom. The van der Waals surface area contributed by atoms with Gasteiger partial charge in [0, 0.05) is 6.26 Å². The van der Waals surface area contributed by atoms with E-state index in [-0.39, 0.29) is 17.4 Å². The summed E-state index contributed by atoms with van der Waals surface area (Å²) in [5.41, 5.74) is 0.817. The third kappa shape index (κ3) is 6.89. The van der Waals surface area contributed by atoms with Gasteiger partial charge in [-0.15, -0.1) is 0 Å². The Kier molecular flexibility index (Phi) is 5.90. The molecule has 21 heavy (non-hydrogen) atoms. The van der Waals surface area contributed by atoms with E-state index in [0.29, 0.717) is 5.56 Å². The van der Waals surface area contributed by atoms with Gasteiger partial charge in [0.05, 0.1) is 17.4 Å². The van der Waals surface area contributed by atoms with Crippen LogP contribution in [0.5, 0.6) is 0 Å². The number of hydrogen-bond acceptors (Lipinski definition) is 6. The molecule has 0 atom stereocenters. The molecular weight excluding hydrogens is 296 g/mol. The van der Waals surface area contributed by atoms with Gasteiger partial charge in [0.1, 0.15) is 0 Å². The van der Waals surface area contributed by atoms with Gasteiger partial charge < -0.3 is 9.47 Å². The molecule has 0 amide bonds. The molecule has 0 saturated heterocycles. The maximum Gasteiger partial charge on any atom is 0.344 e. The average Bonchev–Trinajstić information content (AvgIpc) is 2.34. The van der Waals surface area contributed by atoms with Gasteiger partial charge in [0.25, 0.3) is 0 Å². The molecule has 1 aromatic rings. The first-order valence-electron chi connectivity index (χ1n) is 6.30. The standard InChI is InChI=1S/C14H18O6S/c1-10(2)20-13(15)8-19-14(16)12-6-4-11(5-7-12)9-21(3,17)18/h4-7,10H,8-9H2,1-3H3. The normalized spacial score (nSPS) is 11.2. The summed E-state index contributed by atoms with van der Waals surface area (Å²) in [4.78, 5) is 22.9. The Morgan fingerprint density at radius 3 is 2.19 bits per heavy atom. The zero-order valence-corrected chi connectivity index (χ0v) is 13.0. The lowest BCUT2D eigenvalue weighted by atomic mass is 10.1. The van der Waals surface area contributed by atoms with Crippen LogP contribution in [-0.4, -0.2) is 39.3 Å². The maximum absolute atomic E-state index is 11.7. The molecule has 0 bridgehead atoms. The summed E-state index contributed by atoms with van der Waals surface area (Å²) in [6, 6.07) is 5.97. The second-order valence-corrected chi connectivity index (χ2v) is 7.02. The van der Waals surface area contributed by atoms with Crippen LogP contribution in [0.3, 0.4) is 0 Å². The van der Waals surface area contributed by atoms with Crippen LogP contribution >= 0.6 is 0 Å². The molecule has 1 rings (SSSR count). The molecular formula is C14H18O6S. The number of sulfone groups is 1. The highest BCUT2D eigenvalue weighted by atomic mass is 32.2. The average molecular weight is 314 g/mol. The number of benzene rings is 1. The molecule has 0 radical (unpaired) electrons. The van der Waals surface area contributed by atoms with Crippen LogP contribution in [-0.2, 0) is 29.9 Å². The Bertz CT molecular complexity index is 601. The molecule has 0 aliphatic rings. The van der Waals surface area contributed by atoms with Crippen LogP contribution in [0.2, 0.25) is 0 Å². The highest BCUT2D eigenvalue weighted by molar-refractivity contribution is 7.89. The summed E-state index contributed by atoms with van der Waals surface area (Å²) in [6.45, 7) is 2.93. The van der Waals surface area contributed by atoms with E-state index in [1.165, 1.54) is 24.3 Å². The van der Waals surface area contributed by atoms with Crippen LogP contribution in [0.1, 0.15) is 29.8 Å². The molecule has 0 fully saturated rings. The van der Waals surface area contributed by atoms with Crippen molar-refractivity contribution in [1.29, 1.82) is 0 Å². The van der Waals surface area contributed by atoms with E-state index in [1.807, 2.05) is 0 Å². The van der Waals surface area contributed by atoms with E-state index in [1.54, 1.807) is 13.8 Å². The molecule has 0 N–H and O–H groups in total. The smallest absolute Gasteiger partial charge is 0.344 e. The van der Waals surface area contributed by atoms with Crippen molar-refractivity contribution in [2.45, 2.75) is 25.7 Å². The molecule has 0 unspecified atom stereocenters. The summed E-state index contributed by atoms with van der Waals surface area (Å²) < 4.78 is 31.9. The van der Waals surface area contributed by atoms with Crippen molar-refractivity contribution in [3.05, 3.63) is 35.4 Å². The van der Waals surface area contributed by atoms with E-state index >= 15 is 0 Å². The molecule has 0 heterocycles. The monoisotopic (exact) mass is 314 g/mol. The van der Waals surface area contributed by atoms with Crippen molar-refractivity contribution >= 4 is 21.8 Å². The van der Waals surface area contributed by atoms with Gasteiger partial charge in [-0.2, -0.15) is 0 Å². The third-order valence-electron chi connectivity index (χ3n) is 2.31. The van der Waals surface area contributed by atoms with Crippen molar-refractivity contribution in [3.63, 3.8) is 0 Å². The van der Waals surface area contributed by atoms with Gasteiger partial charge in [-0.05, 0) is 31.5 Å². The minimum atomic E-state index is -3.12. The third-order valence-corrected chi connectivity index (χ3v) is 3.16. The zero-order chi connectivity index (χ0) is 16.0. The van der Waals surface area contributed by atoms with Gasteiger partial charge in [0.2, 0.25) is 0 Å². The van der Waals surface area contributed by atoms with Crippen molar-refractivity contribution in [1.82, 2.24) is 0 Å². The number of rotatable bonds is 6. The van der Waals surface area contributed by atoms with Crippen LogP contribution in [0, 0.1) is 0 Å². The lowest BCUT2D eigenvalue weighted by molar-refractivity contribution is -0.150. The minimum absolute atomic E-state index is 0.0942. The van der Waals surface area contributed by atoms with Gasteiger partial charge >= 0.3 is 11.9 Å². The number of carbonyl (C=O) groups is 2. The van der Waals surface area contributed by atoms with Gasteiger partial charge in [-0.3, -0.25) is 0 Å². The fraction of sp³-hybridized carbons (Fsp3) is 0.429. The summed E-state index contributed by atoms with van der Waals surface area (Å²) >= 11 is 0. The first-order chi connectivity index (χ1) is 9.67. The van der Waals surface area contributed by atoms with Crippen LogP contribution < -0.4 is 0 Å². The maximum atomic E-state index is 11.7. The predicted octanol–water partition coefficient (Wildman–Crippen LogP) is 1.34. The summed E-state index contributed by atoms with van der Waals surface area (Å²) in [7, 11) is -3.12. The Hall–Kier alpha value is -1.89. The quantitative estimate of drug-likeness (QED) is 0.736. The number of carbonyl (C=O) groups excluding carboxylic acids is 2. The fourth-order valence-corrected chi connectivity index (χ4v) is 2.34. The molecule has 0 aliphatic heterocycles. The van der Waals surface area contributed by atoms with Gasteiger partial charge in [0.15, 0.2) is 16.4 Å². The van der Waals surface area contributed by atoms with E-state index < -0.39 is 28.4 Å². The minimum Gasteiger partial charge on any atom is -0.460 e. The van der Waals surface area contributed by atoms with E-state index in [4.69, 9.17) is 9.47 Å². The highest BCUT2D eigenvalue weighted by Crippen LogP contribution is 2.09. The van der Waals surface area contributed by atoms with E-state index in [0.717, 1.165) is 6.26 Å². The predicted molar refractivity (Wildman–Crippen MR) is 76.5 cm³/mol. The second-order valence-electron chi connectivity index (χ2n) is 4.88. The number of hydrogen-bond donors (Lipinski definition) is 0. The largest absolute Gasteiger partial charge is 0.460 e. The van der Waals surface area contributed by atoms with Crippen LogP contribution in [0.25, 0.3) is 0 Å². The summed E-state index contributed by atoms with van der Waals surface area (Å²) in [5, 5.41) is 0. The van der Waals surface area contributed by atoms with Crippen molar-refractivity contribution in [2.24, 2.45) is 0 Å². The summed E-state index contributed by atoms with van der Waals surface area (Å²) in [6.07, 6.45) is 0.863. The summed E-state index contributed by atoms with van der Waals surface area (Å²) in [5.74, 6) is -1.38. The van der Waals surface area contributed by atoms with Crippen LogP contribution in [0.15, 0.2) is 24.3 Å². The van der Waals surface area contributed by atoms with E-state index in [9.17, 15) is 18.0 Å². The Morgan fingerprint density at radius 1 is 1.14 bits per heavy atom. The fourth-order valence-electron chi connectivity index (χ4n) is 1.54. The molecule has 7 heteroatoms. The highest BCUT2D eigenvalue weighted by Gasteiger charge is 2.12. The van der Waals surface area contributed by atoms with Crippen LogP contribution in [0.4, 0.5) is 0 Å². The lowest BCUT2D eigenvalue weighted by Gasteiger charge is -2.08. The van der Waals surface area contributed by atoms with Crippen molar-refractivity contribution < 1.29 is 27.5 Å². The Labute approximate surface area is 124 Å². The zero-order valence-electron chi connectivity index (χ0n) is 12.2. The second kappa shape index (κ2) is 7.21. The molecule has 116 valence electrons. The number of esters is 2. The number of ether oxygens (including phenoxy) is 2. The molecule has 0 aromatic heterocycles. The first kappa shape index (κ1) is 17.2. The molecule has 0 saturated carbocycles.